The van der Waals surface area contributed by atoms with E-state index in [-0.39, 0.29) is 4.90 Å². The van der Waals surface area contributed by atoms with Gasteiger partial charge in [-0.15, -0.1) is 0 Å². The molecule has 1 aliphatic heterocycles. The molecule has 34 heavy (non-hydrogen) atoms. The molecule has 3 aromatic rings. The number of para-hydroxylation sites is 1. The summed E-state index contributed by atoms with van der Waals surface area (Å²) in [5, 5.41) is 5.63. The topological polar surface area (TPSA) is 99.8 Å². The first-order valence-corrected chi connectivity index (χ1v) is 12.6. The summed E-state index contributed by atoms with van der Waals surface area (Å²) < 4.78 is 33.9. The molecule has 1 fully saturated rings. The number of piperidine rings is 1. The summed E-state index contributed by atoms with van der Waals surface area (Å²) in [6, 6.07) is 20.1. The quantitative estimate of drug-likeness (QED) is 0.435. The number of anilines is 4. The van der Waals surface area contributed by atoms with Crippen molar-refractivity contribution in [3.8, 4) is 5.75 Å². The van der Waals surface area contributed by atoms with Gasteiger partial charge in [0.1, 0.15) is 5.75 Å². The number of hydrogen-bond donors (Lipinski definition) is 3. The van der Waals surface area contributed by atoms with Gasteiger partial charge in [0.05, 0.1) is 23.4 Å². The largest absolute Gasteiger partial charge is 0.497 e. The molecule has 3 N–H and O–H groups in total. The molecule has 0 aliphatic carbocycles. The second-order valence-electron chi connectivity index (χ2n) is 8.01. The molecule has 3 aromatic carbocycles. The average molecular weight is 481 g/mol. The van der Waals surface area contributed by atoms with Crippen LogP contribution >= 0.6 is 0 Å². The van der Waals surface area contributed by atoms with Crippen LogP contribution in [0.4, 0.5) is 27.5 Å². The van der Waals surface area contributed by atoms with E-state index >= 15 is 0 Å². The van der Waals surface area contributed by atoms with Crippen molar-refractivity contribution < 1.29 is 17.9 Å². The van der Waals surface area contributed by atoms with Crippen LogP contribution in [0.1, 0.15) is 19.3 Å². The van der Waals surface area contributed by atoms with Crippen molar-refractivity contribution in [2.75, 3.05) is 40.5 Å². The van der Waals surface area contributed by atoms with Crippen LogP contribution in [0.5, 0.6) is 5.75 Å². The van der Waals surface area contributed by atoms with Crippen LogP contribution < -0.4 is 25.0 Å². The number of methoxy groups -OCH3 is 1. The van der Waals surface area contributed by atoms with Gasteiger partial charge in [-0.25, -0.2) is 13.2 Å². The number of amides is 2. The Kier molecular flexibility index (Phi) is 7.22. The van der Waals surface area contributed by atoms with E-state index in [2.05, 4.69) is 20.3 Å². The maximum absolute atomic E-state index is 13.1. The highest BCUT2D eigenvalue weighted by Crippen LogP contribution is 2.32. The Morgan fingerprint density at radius 3 is 2.24 bits per heavy atom. The fourth-order valence-electron chi connectivity index (χ4n) is 3.87. The van der Waals surface area contributed by atoms with Gasteiger partial charge in [0.2, 0.25) is 0 Å². The van der Waals surface area contributed by atoms with Crippen molar-refractivity contribution in [2.24, 2.45) is 0 Å². The lowest BCUT2D eigenvalue weighted by Crippen LogP contribution is -2.31. The molecule has 0 spiro atoms. The summed E-state index contributed by atoms with van der Waals surface area (Å²) >= 11 is 0. The molecular formula is C25H28N4O4S. The van der Waals surface area contributed by atoms with E-state index in [4.69, 9.17) is 4.74 Å². The molecule has 4 rings (SSSR count). The summed E-state index contributed by atoms with van der Waals surface area (Å²) in [5.74, 6) is 0.629. The molecule has 0 atom stereocenters. The van der Waals surface area contributed by atoms with Crippen molar-refractivity contribution in [1.82, 2.24) is 0 Å². The molecule has 1 saturated heterocycles. The van der Waals surface area contributed by atoms with Gasteiger partial charge >= 0.3 is 6.03 Å². The SMILES string of the molecule is COc1ccc(NS(=O)(=O)c2ccc(N3CCCCC3)c(NC(=O)Nc3ccccc3)c2)cc1. The lowest BCUT2D eigenvalue weighted by Gasteiger charge is -2.30. The third-order valence-corrected chi connectivity index (χ3v) is 6.98. The van der Waals surface area contributed by atoms with Gasteiger partial charge in [0.15, 0.2) is 0 Å². The van der Waals surface area contributed by atoms with E-state index in [0.717, 1.165) is 38.0 Å². The van der Waals surface area contributed by atoms with Gasteiger partial charge in [0, 0.05) is 24.5 Å². The lowest BCUT2D eigenvalue weighted by atomic mass is 10.1. The number of carbonyl (C=O) groups excluding carboxylic acids is 1. The van der Waals surface area contributed by atoms with Crippen LogP contribution in [-0.2, 0) is 10.0 Å². The summed E-state index contributed by atoms with van der Waals surface area (Å²) in [6.45, 7) is 1.70. The minimum Gasteiger partial charge on any atom is -0.497 e. The van der Waals surface area contributed by atoms with E-state index in [1.54, 1.807) is 55.6 Å². The number of rotatable bonds is 7. The highest BCUT2D eigenvalue weighted by molar-refractivity contribution is 7.92. The number of nitrogens with zero attached hydrogens (tertiary/aromatic N) is 1. The first-order valence-electron chi connectivity index (χ1n) is 11.1. The zero-order valence-corrected chi connectivity index (χ0v) is 19.8. The third-order valence-electron chi connectivity index (χ3n) is 5.60. The summed E-state index contributed by atoms with van der Waals surface area (Å²) in [4.78, 5) is 14.9. The van der Waals surface area contributed by atoms with E-state index in [9.17, 15) is 13.2 Å². The Hall–Kier alpha value is -3.72. The first kappa shape index (κ1) is 23.4. The molecule has 1 aliphatic rings. The van der Waals surface area contributed by atoms with E-state index in [1.165, 1.54) is 6.07 Å². The minimum absolute atomic E-state index is 0.0547. The zero-order valence-electron chi connectivity index (χ0n) is 19.0. The van der Waals surface area contributed by atoms with E-state index < -0.39 is 16.1 Å². The Balaban J connectivity index is 1.60. The molecular weight excluding hydrogens is 452 g/mol. The van der Waals surface area contributed by atoms with Crippen LogP contribution in [-0.4, -0.2) is 34.6 Å². The Morgan fingerprint density at radius 1 is 0.853 bits per heavy atom. The van der Waals surface area contributed by atoms with Gasteiger partial charge in [0.25, 0.3) is 10.0 Å². The second-order valence-corrected chi connectivity index (χ2v) is 9.69. The van der Waals surface area contributed by atoms with E-state index in [1.807, 2.05) is 18.2 Å². The number of urea groups is 1. The van der Waals surface area contributed by atoms with Crippen molar-refractivity contribution in [3.63, 3.8) is 0 Å². The Morgan fingerprint density at radius 2 is 1.56 bits per heavy atom. The average Bonchev–Trinajstić information content (AvgIpc) is 2.85. The molecule has 1 heterocycles. The van der Waals surface area contributed by atoms with Crippen LogP contribution in [0.3, 0.4) is 0 Å². The molecule has 0 unspecified atom stereocenters. The van der Waals surface area contributed by atoms with Crippen molar-refractivity contribution in [2.45, 2.75) is 24.2 Å². The maximum Gasteiger partial charge on any atom is 0.323 e. The van der Waals surface area contributed by atoms with Gasteiger partial charge in [-0.3, -0.25) is 4.72 Å². The fourth-order valence-corrected chi connectivity index (χ4v) is 4.96. The fraction of sp³-hybridized carbons (Fsp3) is 0.240. The predicted octanol–water partition coefficient (Wildman–Crippen LogP) is 5.13. The van der Waals surface area contributed by atoms with Crippen molar-refractivity contribution >= 4 is 38.8 Å². The predicted molar refractivity (Wildman–Crippen MR) is 135 cm³/mol. The number of sulfonamides is 1. The number of carbonyl (C=O) groups is 1. The third kappa shape index (κ3) is 5.79. The van der Waals surface area contributed by atoms with Gasteiger partial charge in [-0.1, -0.05) is 18.2 Å². The molecule has 0 aromatic heterocycles. The molecule has 9 heteroatoms. The highest BCUT2D eigenvalue weighted by Gasteiger charge is 2.21. The van der Waals surface area contributed by atoms with Crippen LogP contribution in [0.2, 0.25) is 0 Å². The molecule has 8 nitrogen and oxygen atoms in total. The summed E-state index contributed by atoms with van der Waals surface area (Å²) in [7, 11) is -2.33. The monoisotopic (exact) mass is 480 g/mol. The smallest absolute Gasteiger partial charge is 0.323 e. The normalized spacial score (nSPS) is 13.7. The number of hydrogen-bond acceptors (Lipinski definition) is 5. The standard InChI is InChI=1S/C25H28N4O4S/c1-33-21-12-10-20(11-13-21)28-34(31,32)22-14-15-24(29-16-6-3-7-17-29)23(18-22)27-25(30)26-19-8-4-2-5-9-19/h2,4-5,8-15,18,28H,3,6-7,16-17H2,1H3,(H2,26,27,30). The summed E-state index contributed by atoms with van der Waals surface area (Å²) in [6.07, 6.45) is 3.26. The number of nitrogens with one attached hydrogen (secondary N) is 3. The molecule has 2 amide bonds. The molecule has 0 radical (unpaired) electrons. The van der Waals surface area contributed by atoms with Crippen LogP contribution in [0, 0.1) is 0 Å². The Bertz CT molecular complexity index is 1230. The second kappa shape index (κ2) is 10.5. The first-order chi connectivity index (χ1) is 16.4. The van der Waals surface area contributed by atoms with Gasteiger partial charge in [-0.05, 0) is 73.9 Å². The Labute approximate surface area is 200 Å². The molecule has 0 saturated carbocycles. The molecule has 0 bridgehead atoms. The molecule has 178 valence electrons. The van der Waals surface area contributed by atoms with E-state index in [0.29, 0.717) is 22.8 Å². The highest BCUT2D eigenvalue weighted by atomic mass is 32.2. The van der Waals surface area contributed by atoms with Crippen molar-refractivity contribution in [1.29, 1.82) is 0 Å². The minimum atomic E-state index is -3.88. The van der Waals surface area contributed by atoms with Crippen LogP contribution in [0.15, 0.2) is 77.7 Å². The van der Waals surface area contributed by atoms with Crippen LogP contribution in [0.25, 0.3) is 0 Å². The number of benzene rings is 3. The lowest BCUT2D eigenvalue weighted by molar-refractivity contribution is 0.262. The van der Waals surface area contributed by atoms with Gasteiger partial charge in [-0.2, -0.15) is 0 Å². The maximum atomic E-state index is 13.1. The van der Waals surface area contributed by atoms with Crippen molar-refractivity contribution in [3.05, 3.63) is 72.8 Å². The number of ether oxygens (including phenoxy) is 1. The van der Waals surface area contributed by atoms with Gasteiger partial charge < -0.3 is 20.3 Å². The summed E-state index contributed by atoms with van der Waals surface area (Å²) in [5.41, 5.74) is 2.29. The zero-order chi connectivity index (χ0) is 24.0.